The quantitative estimate of drug-likeness (QED) is 0.819. The van der Waals surface area contributed by atoms with Crippen LogP contribution in [0.4, 0.5) is 5.69 Å². The standard InChI is InChI=1S/C14H15N3OS/c1-18-13-7-2-10(9-17-13)8-16-12-5-3-11(4-6-12)14(15)19/h2-7,9,16H,8H2,1H3,(H2,15,19). The minimum atomic E-state index is 0.408. The van der Waals surface area contributed by atoms with Gasteiger partial charge in [0.25, 0.3) is 0 Å². The molecule has 0 fully saturated rings. The molecule has 19 heavy (non-hydrogen) atoms. The molecule has 0 saturated carbocycles. The molecule has 0 aliphatic heterocycles. The fourth-order valence-corrected chi connectivity index (χ4v) is 1.73. The highest BCUT2D eigenvalue weighted by molar-refractivity contribution is 7.80. The summed E-state index contributed by atoms with van der Waals surface area (Å²) in [4.78, 5) is 4.56. The van der Waals surface area contributed by atoms with Gasteiger partial charge in [0, 0.05) is 30.1 Å². The Balaban J connectivity index is 1.95. The van der Waals surface area contributed by atoms with E-state index < -0.39 is 0 Å². The number of hydrogen-bond donors (Lipinski definition) is 2. The minimum absolute atomic E-state index is 0.408. The van der Waals surface area contributed by atoms with Gasteiger partial charge in [0.05, 0.1) is 7.11 Å². The van der Waals surface area contributed by atoms with Crippen LogP contribution in [-0.4, -0.2) is 17.1 Å². The predicted molar refractivity (Wildman–Crippen MR) is 80.4 cm³/mol. The third-order valence-electron chi connectivity index (χ3n) is 2.67. The fourth-order valence-electron chi connectivity index (χ4n) is 1.59. The molecule has 0 saturated heterocycles. The summed E-state index contributed by atoms with van der Waals surface area (Å²) in [7, 11) is 1.60. The van der Waals surface area contributed by atoms with E-state index in [2.05, 4.69) is 10.3 Å². The van der Waals surface area contributed by atoms with Gasteiger partial charge in [0.2, 0.25) is 5.88 Å². The molecule has 5 heteroatoms. The van der Waals surface area contributed by atoms with Crippen LogP contribution in [0.5, 0.6) is 5.88 Å². The number of ether oxygens (including phenoxy) is 1. The van der Waals surface area contributed by atoms with E-state index in [0.29, 0.717) is 17.4 Å². The highest BCUT2D eigenvalue weighted by atomic mass is 32.1. The highest BCUT2D eigenvalue weighted by Gasteiger charge is 1.98. The van der Waals surface area contributed by atoms with Crippen molar-refractivity contribution in [3.63, 3.8) is 0 Å². The molecule has 2 rings (SSSR count). The Hall–Kier alpha value is -2.14. The number of nitrogens with one attached hydrogen (secondary N) is 1. The van der Waals surface area contributed by atoms with Crippen molar-refractivity contribution in [2.75, 3.05) is 12.4 Å². The molecule has 98 valence electrons. The van der Waals surface area contributed by atoms with Gasteiger partial charge in [-0.15, -0.1) is 0 Å². The van der Waals surface area contributed by atoms with Crippen LogP contribution in [0.2, 0.25) is 0 Å². The SMILES string of the molecule is COc1ccc(CNc2ccc(C(N)=S)cc2)cn1. The topological polar surface area (TPSA) is 60.2 Å². The third kappa shape index (κ3) is 3.66. The highest BCUT2D eigenvalue weighted by Crippen LogP contribution is 2.12. The van der Waals surface area contributed by atoms with Gasteiger partial charge < -0.3 is 15.8 Å². The largest absolute Gasteiger partial charge is 0.481 e. The van der Waals surface area contributed by atoms with Gasteiger partial charge in [0.15, 0.2) is 0 Å². The first-order valence-electron chi connectivity index (χ1n) is 5.81. The monoisotopic (exact) mass is 273 g/mol. The molecule has 3 N–H and O–H groups in total. The number of thiocarbonyl (C=S) groups is 1. The van der Waals surface area contributed by atoms with E-state index in [-0.39, 0.29) is 0 Å². The lowest BCUT2D eigenvalue weighted by Crippen LogP contribution is -2.09. The summed E-state index contributed by atoms with van der Waals surface area (Å²) < 4.78 is 5.01. The van der Waals surface area contributed by atoms with Gasteiger partial charge >= 0.3 is 0 Å². The molecule has 1 heterocycles. The maximum absolute atomic E-state index is 5.55. The molecule has 0 bridgehead atoms. The summed E-state index contributed by atoms with van der Waals surface area (Å²) >= 11 is 4.91. The average Bonchev–Trinajstić information content (AvgIpc) is 2.46. The minimum Gasteiger partial charge on any atom is -0.481 e. The smallest absolute Gasteiger partial charge is 0.212 e. The average molecular weight is 273 g/mol. The zero-order valence-corrected chi connectivity index (χ0v) is 11.4. The number of rotatable bonds is 5. The molecule has 0 radical (unpaired) electrons. The van der Waals surface area contributed by atoms with Crippen molar-refractivity contribution in [3.8, 4) is 5.88 Å². The Kier molecular flexibility index (Phi) is 4.30. The predicted octanol–water partition coefficient (Wildman–Crippen LogP) is 2.34. The summed E-state index contributed by atoms with van der Waals surface area (Å²) in [5.41, 5.74) is 8.51. The number of anilines is 1. The first-order chi connectivity index (χ1) is 9.19. The Morgan fingerprint density at radius 3 is 2.53 bits per heavy atom. The first kappa shape index (κ1) is 13.3. The summed E-state index contributed by atoms with van der Waals surface area (Å²) in [6, 6.07) is 11.5. The Bertz CT molecular complexity index is 552. The molecule has 0 aliphatic rings. The lowest BCUT2D eigenvalue weighted by molar-refractivity contribution is 0.397. The van der Waals surface area contributed by atoms with Crippen molar-refractivity contribution in [2.45, 2.75) is 6.54 Å². The van der Waals surface area contributed by atoms with Gasteiger partial charge in [-0.05, 0) is 29.8 Å². The molecule has 0 amide bonds. The van der Waals surface area contributed by atoms with Crippen LogP contribution in [0.15, 0.2) is 42.6 Å². The summed E-state index contributed by atoms with van der Waals surface area (Å²) in [6.45, 7) is 0.698. The molecule has 1 aromatic carbocycles. The van der Waals surface area contributed by atoms with Crippen molar-refractivity contribution < 1.29 is 4.74 Å². The van der Waals surface area contributed by atoms with E-state index in [4.69, 9.17) is 22.7 Å². The Morgan fingerprint density at radius 1 is 1.26 bits per heavy atom. The molecule has 1 aromatic heterocycles. The summed E-state index contributed by atoms with van der Waals surface area (Å²) in [5.74, 6) is 0.615. The molecular formula is C14H15N3OS. The Labute approximate surface area is 117 Å². The molecule has 4 nitrogen and oxygen atoms in total. The van der Waals surface area contributed by atoms with Crippen LogP contribution in [0.25, 0.3) is 0 Å². The van der Waals surface area contributed by atoms with Crippen molar-refractivity contribution >= 4 is 22.9 Å². The third-order valence-corrected chi connectivity index (χ3v) is 2.91. The van der Waals surface area contributed by atoms with Crippen LogP contribution >= 0.6 is 12.2 Å². The Morgan fingerprint density at radius 2 is 2.00 bits per heavy atom. The second kappa shape index (κ2) is 6.15. The van der Waals surface area contributed by atoms with Gasteiger partial charge in [-0.1, -0.05) is 18.3 Å². The van der Waals surface area contributed by atoms with Gasteiger partial charge in [-0.25, -0.2) is 4.98 Å². The molecule has 0 aliphatic carbocycles. The number of benzene rings is 1. The van der Waals surface area contributed by atoms with E-state index in [0.717, 1.165) is 16.8 Å². The van der Waals surface area contributed by atoms with Crippen molar-refractivity contribution in [1.29, 1.82) is 0 Å². The molecule has 0 atom stereocenters. The number of pyridine rings is 1. The normalized spacial score (nSPS) is 9.95. The van der Waals surface area contributed by atoms with Crippen LogP contribution < -0.4 is 15.8 Å². The van der Waals surface area contributed by atoms with Crippen LogP contribution in [0.3, 0.4) is 0 Å². The second-order valence-corrected chi connectivity index (χ2v) is 4.44. The van der Waals surface area contributed by atoms with E-state index >= 15 is 0 Å². The maximum atomic E-state index is 5.55. The number of methoxy groups -OCH3 is 1. The number of aromatic nitrogens is 1. The van der Waals surface area contributed by atoms with E-state index in [1.807, 2.05) is 36.4 Å². The van der Waals surface area contributed by atoms with Gasteiger partial charge in [-0.2, -0.15) is 0 Å². The van der Waals surface area contributed by atoms with Crippen LogP contribution in [-0.2, 0) is 6.54 Å². The van der Waals surface area contributed by atoms with Gasteiger partial charge in [0.1, 0.15) is 4.99 Å². The van der Waals surface area contributed by atoms with Gasteiger partial charge in [-0.3, -0.25) is 0 Å². The lowest BCUT2D eigenvalue weighted by atomic mass is 10.2. The number of nitrogens with two attached hydrogens (primary N) is 1. The van der Waals surface area contributed by atoms with E-state index in [1.54, 1.807) is 13.3 Å². The van der Waals surface area contributed by atoms with Crippen molar-refractivity contribution in [2.24, 2.45) is 5.73 Å². The number of nitrogens with zero attached hydrogens (tertiary/aromatic N) is 1. The zero-order chi connectivity index (χ0) is 13.7. The van der Waals surface area contributed by atoms with E-state index in [1.165, 1.54) is 0 Å². The molecule has 0 spiro atoms. The lowest BCUT2D eigenvalue weighted by Gasteiger charge is -2.07. The molecule has 0 unspecified atom stereocenters. The summed E-state index contributed by atoms with van der Waals surface area (Å²) in [5, 5.41) is 3.30. The van der Waals surface area contributed by atoms with Crippen LogP contribution in [0, 0.1) is 0 Å². The van der Waals surface area contributed by atoms with E-state index in [9.17, 15) is 0 Å². The zero-order valence-electron chi connectivity index (χ0n) is 10.6. The molecule has 2 aromatic rings. The first-order valence-corrected chi connectivity index (χ1v) is 6.22. The van der Waals surface area contributed by atoms with Crippen molar-refractivity contribution in [1.82, 2.24) is 4.98 Å². The van der Waals surface area contributed by atoms with Crippen LogP contribution in [0.1, 0.15) is 11.1 Å². The summed E-state index contributed by atoms with van der Waals surface area (Å²) in [6.07, 6.45) is 1.79. The van der Waals surface area contributed by atoms with Crippen molar-refractivity contribution in [3.05, 3.63) is 53.7 Å². The molecular weight excluding hydrogens is 258 g/mol. The maximum Gasteiger partial charge on any atom is 0.212 e. The number of hydrogen-bond acceptors (Lipinski definition) is 4. The fraction of sp³-hybridized carbons (Fsp3) is 0.143. The second-order valence-electron chi connectivity index (χ2n) is 4.00.